The number of amides is 2. The zero-order valence-corrected chi connectivity index (χ0v) is 23.3. The summed E-state index contributed by atoms with van der Waals surface area (Å²) in [7, 11) is -0.925. The van der Waals surface area contributed by atoms with Gasteiger partial charge in [0.1, 0.15) is 18.3 Å². The first-order valence-electron chi connectivity index (χ1n) is 11.5. The van der Waals surface area contributed by atoms with Crippen LogP contribution in [0.1, 0.15) is 11.1 Å². The summed E-state index contributed by atoms with van der Waals surface area (Å²) >= 11 is 3.45. The number of ether oxygens (including phenoxy) is 1. The van der Waals surface area contributed by atoms with E-state index < -0.39 is 28.5 Å². The van der Waals surface area contributed by atoms with Crippen LogP contribution in [0, 0.1) is 0 Å². The zero-order chi connectivity index (χ0) is 27.0. The molecule has 0 saturated heterocycles. The van der Waals surface area contributed by atoms with Crippen molar-refractivity contribution >= 4 is 43.5 Å². The quantitative estimate of drug-likeness (QED) is 0.370. The minimum atomic E-state index is -3.87. The number of sulfonamides is 1. The molecule has 196 valence electrons. The fourth-order valence-corrected chi connectivity index (χ4v) is 5.28. The highest BCUT2D eigenvalue weighted by molar-refractivity contribution is 9.10. The van der Waals surface area contributed by atoms with Gasteiger partial charge in [-0.25, -0.2) is 8.42 Å². The molecule has 0 spiro atoms. The smallest absolute Gasteiger partial charge is 0.244 e. The number of nitrogens with zero attached hydrogens (tertiary/aromatic N) is 2. The molecule has 0 heterocycles. The highest BCUT2D eigenvalue weighted by atomic mass is 79.9. The van der Waals surface area contributed by atoms with Crippen molar-refractivity contribution in [2.75, 3.05) is 31.3 Å². The fourth-order valence-electron chi connectivity index (χ4n) is 3.98. The van der Waals surface area contributed by atoms with Crippen molar-refractivity contribution in [1.29, 1.82) is 0 Å². The number of carbonyl (C=O) groups excluding carboxylic acids is 2. The maximum atomic E-state index is 13.9. The molecule has 8 nitrogen and oxygen atoms in total. The Bertz CT molecular complexity index is 1330. The van der Waals surface area contributed by atoms with E-state index in [4.69, 9.17) is 4.74 Å². The van der Waals surface area contributed by atoms with E-state index in [0.29, 0.717) is 5.75 Å². The molecule has 0 aliphatic heterocycles. The van der Waals surface area contributed by atoms with Gasteiger partial charge in [-0.15, -0.1) is 0 Å². The first-order valence-corrected chi connectivity index (χ1v) is 14.2. The van der Waals surface area contributed by atoms with E-state index in [2.05, 4.69) is 21.2 Å². The van der Waals surface area contributed by atoms with Crippen LogP contribution in [0.15, 0.2) is 83.3 Å². The minimum absolute atomic E-state index is 0.104. The molecule has 3 rings (SSSR count). The van der Waals surface area contributed by atoms with Gasteiger partial charge in [0.2, 0.25) is 21.8 Å². The topological polar surface area (TPSA) is 96.0 Å². The molecular weight excluding hydrogens is 558 g/mol. The number of halogens is 1. The van der Waals surface area contributed by atoms with E-state index in [-0.39, 0.29) is 24.6 Å². The van der Waals surface area contributed by atoms with Crippen LogP contribution < -0.4 is 14.4 Å². The number of nitrogens with one attached hydrogen (secondary N) is 1. The molecule has 0 aromatic heterocycles. The van der Waals surface area contributed by atoms with Gasteiger partial charge in [0.15, 0.2) is 0 Å². The van der Waals surface area contributed by atoms with Crippen molar-refractivity contribution in [2.45, 2.75) is 19.0 Å². The minimum Gasteiger partial charge on any atom is -0.495 e. The highest BCUT2D eigenvalue weighted by Gasteiger charge is 2.33. The van der Waals surface area contributed by atoms with Crippen LogP contribution in [-0.2, 0) is 32.6 Å². The predicted octanol–water partition coefficient (Wildman–Crippen LogP) is 3.61. The lowest BCUT2D eigenvalue weighted by Crippen LogP contribution is -2.52. The molecular formula is C27H30BrN3O5S. The molecule has 0 fully saturated rings. The Kier molecular flexibility index (Phi) is 9.71. The second-order valence-electron chi connectivity index (χ2n) is 8.41. The van der Waals surface area contributed by atoms with E-state index in [1.54, 1.807) is 24.3 Å². The third-order valence-corrected chi connectivity index (χ3v) is 7.41. The molecule has 37 heavy (non-hydrogen) atoms. The Morgan fingerprint density at radius 2 is 1.62 bits per heavy atom. The van der Waals surface area contributed by atoms with Crippen molar-refractivity contribution < 1.29 is 22.7 Å². The number of anilines is 1. The van der Waals surface area contributed by atoms with Crippen molar-refractivity contribution in [3.05, 3.63) is 94.5 Å². The number of methoxy groups -OCH3 is 1. The second-order valence-corrected chi connectivity index (χ2v) is 11.2. The lowest BCUT2D eigenvalue weighted by Gasteiger charge is -2.33. The Hall–Kier alpha value is -3.37. The molecule has 3 aromatic rings. The Balaban J connectivity index is 2.05. The van der Waals surface area contributed by atoms with Gasteiger partial charge >= 0.3 is 0 Å². The first-order chi connectivity index (χ1) is 17.6. The molecule has 0 aliphatic carbocycles. The summed E-state index contributed by atoms with van der Waals surface area (Å²) in [5, 5.41) is 2.66. The second kappa shape index (κ2) is 12.7. The lowest BCUT2D eigenvalue weighted by molar-refractivity contribution is -0.139. The average molecular weight is 589 g/mol. The van der Waals surface area contributed by atoms with E-state index >= 15 is 0 Å². The number of hydrogen-bond acceptors (Lipinski definition) is 5. The largest absolute Gasteiger partial charge is 0.495 e. The third-order valence-electron chi connectivity index (χ3n) is 5.79. The summed E-state index contributed by atoms with van der Waals surface area (Å²) < 4.78 is 32.8. The van der Waals surface area contributed by atoms with Gasteiger partial charge in [-0.3, -0.25) is 13.9 Å². The third kappa shape index (κ3) is 7.56. The van der Waals surface area contributed by atoms with Crippen LogP contribution in [0.5, 0.6) is 5.75 Å². The van der Waals surface area contributed by atoms with Crippen LogP contribution in [-0.4, -0.2) is 58.1 Å². The van der Waals surface area contributed by atoms with E-state index in [9.17, 15) is 18.0 Å². The molecule has 1 atom stereocenters. The van der Waals surface area contributed by atoms with Crippen molar-refractivity contribution in [3.63, 3.8) is 0 Å². The Morgan fingerprint density at radius 1 is 0.973 bits per heavy atom. The Labute approximate surface area is 226 Å². The number of rotatable bonds is 11. The van der Waals surface area contributed by atoms with Gasteiger partial charge < -0.3 is 15.0 Å². The summed E-state index contributed by atoms with van der Waals surface area (Å²) in [6.45, 7) is -0.401. The summed E-state index contributed by atoms with van der Waals surface area (Å²) in [4.78, 5) is 28.4. The number of carbonyl (C=O) groups is 2. The molecule has 10 heteroatoms. The first kappa shape index (κ1) is 28.2. The molecule has 0 saturated carbocycles. The SMILES string of the molecule is CNC(=O)[C@@H](Cc1ccccc1)N(Cc1cccc(Br)c1)C(=O)CN(c1ccccc1OC)S(C)(=O)=O. The van der Waals surface area contributed by atoms with Crippen LogP contribution >= 0.6 is 15.9 Å². The van der Waals surface area contributed by atoms with Crippen LogP contribution in [0.2, 0.25) is 0 Å². The van der Waals surface area contributed by atoms with Crippen molar-refractivity contribution in [3.8, 4) is 5.75 Å². The number of hydrogen-bond donors (Lipinski definition) is 1. The number of para-hydroxylation sites is 2. The zero-order valence-electron chi connectivity index (χ0n) is 20.9. The number of benzene rings is 3. The van der Waals surface area contributed by atoms with Gasteiger partial charge in [-0.05, 0) is 35.4 Å². The molecule has 2 amide bonds. The van der Waals surface area contributed by atoms with Gasteiger partial charge in [0.25, 0.3) is 0 Å². The molecule has 3 aromatic carbocycles. The summed E-state index contributed by atoms with van der Waals surface area (Å²) in [5.74, 6) is -0.567. The monoisotopic (exact) mass is 587 g/mol. The van der Waals surface area contributed by atoms with E-state index in [0.717, 1.165) is 26.2 Å². The van der Waals surface area contributed by atoms with Crippen molar-refractivity contribution in [2.24, 2.45) is 0 Å². The van der Waals surface area contributed by atoms with Gasteiger partial charge in [-0.1, -0.05) is 70.5 Å². The van der Waals surface area contributed by atoms with Gasteiger partial charge in [-0.2, -0.15) is 0 Å². The average Bonchev–Trinajstić information content (AvgIpc) is 2.88. The summed E-state index contributed by atoms with van der Waals surface area (Å²) in [6.07, 6.45) is 1.29. The lowest BCUT2D eigenvalue weighted by atomic mass is 10.0. The highest BCUT2D eigenvalue weighted by Crippen LogP contribution is 2.30. The Morgan fingerprint density at radius 3 is 2.24 bits per heavy atom. The molecule has 0 unspecified atom stereocenters. The molecule has 0 radical (unpaired) electrons. The summed E-state index contributed by atoms with van der Waals surface area (Å²) in [6, 6.07) is 22.5. The molecule has 1 N–H and O–H groups in total. The number of likely N-dealkylation sites (N-methyl/N-ethyl adjacent to an activating group) is 1. The fraction of sp³-hybridized carbons (Fsp3) is 0.259. The van der Waals surface area contributed by atoms with Crippen LogP contribution in [0.3, 0.4) is 0 Å². The molecule has 0 aliphatic rings. The maximum Gasteiger partial charge on any atom is 0.244 e. The normalized spacial score (nSPS) is 11.9. The van der Waals surface area contributed by atoms with Gasteiger partial charge in [0, 0.05) is 24.5 Å². The van der Waals surface area contributed by atoms with Crippen molar-refractivity contribution in [1.82, 2.24) is 10.2 Å². The standard InChI is InChI=1S/C27H30BrN3O5S/c1-29-27(33)24(17-20-10-5-4-6-11-20)30(18-21-12-9-13-22(28)16-21)26(32)19-31(37(3,34)35)23-14-7-8-15-25(23)36-2/h4-16,24H,17-19H2,1-3H3,(H,29,33)/t24-/m1/s1. The predicted molar refractivity (Wildman–Crippen MR) is 148 cm³/mol. The molecule has 0 bridgehead atoms. The van der Waals surface area contributed by atoms with Crippen LogP contribution in [0.4, 0.5) is 5.69 Å². The van der Waals surface area contributed by atoms with Crippen LogP contribution in [0.25, 0.3) is 0 Å². The summed E-state index contributed by atoms with van der Waals surface area (Å²) in [5.41, 5.74) is 1.89. The van der Waals surface area contributed by atoms with Gasteiger partial charge in [0.05, 0.1) is 19.1 Å². The van der Waals surface area contributed by atoms with E-state index in [1.807, 2.05) is 54.6 Å². The van der Waals surface area contributed by atoms with E-state index in [1.165, 1.54) is 19.1 Å². The maximum absolute atomic E-state index is 13.9.